The molecule has 2 N–H and O–H groups in total. The monoisotopic (exact) mass is 411 g/mol. The number of benzene rings is 1. The summed E-state index contributed by atoms with van der Waals surface area (Å²) in [6.45, 7) is 4.02. The van der Waals surface area contributed by atoms with Crippen LogP contribution in [0.5, 0.6) is 5.75 Å². The van der Waals surface area contributed by atoms with E-state index in [-0.39, 0.29) is 11.6 Å². The van der Waals surface area contributed by atoms with Crippen LogP contribution in [0.15, 0.2) is 24.3 Å². The number of rotatable bonds is 6. The molecule has 5 aliphatic rings. The van der Waals surface area contributed by atoms with Crippen LogP contribution in [-0.2, 0) is 6.54 Å². The van der Waals surface area contributed by atoms with E-state index in [1.807, 2.05) is 12.1 Å². The first-order valence-electron chi connectivity index (χ1n) is 12.0. The van der Waals surface area contributed by atoms with E-state index in [9.17, 15) is 4.79 Å². The molecule has 30 heavy (non-hydrogen) atoms. The molecule has 1 saturated heterocycles. The van der Waals surface area contributed by atoms with Crippen molar-refractivity contribution in [3.05, 3.63) is 29.8 Å². The maximum Gasteiger partial charge on any atom is 0.315 e. The zero-order valence-corrected chi connectivity index (χ0v) is 18.4. The number of likely N-dealkylation sites (tertiary alicyclic amines) is 1. The van der Waals surface area contributed by atoms with Gasteiger partial charge in [-0.15, -0.1) is 0 Å². The first-order valence-corrected chi connectivity index (χ1v) is 12.0. The van der Waals surface area contributed by atoms with Crippen LogP contribution in [0, 0.1) is 23.7 Å². The number of hydrogen-bond donors (Lipinski definition) is 2. The number of ether oxygens (including phenoxy) is 1. The topological polar surface area (TPSA) is 53.6 Å². The van der Waals surface area contributed by atoms with Crippen LogP contribution in [0.25, 0.3) is 0 Å². The molecule has 5 fully saturated rings. The van der Waals surface area contributed by atoms with E-state index in [2.05, 4.69) is 27.7 Å². The standard InChI is InChI=1S/C25H37N3O2/c1-30-23-4-2-19(3-5-23)17-28-8-6-18(7-9-28)16-26-24(29)27-25-13-20-10-21(14-25)12-22(11-20)15-25/h2-5,18,20-22H,6-17H2,1H3,(H2,26,27,29). The minimum absolute atomic E-state index is 0.0811. The second kappa shape index (κ2) is 8.41. The Hall–Kier alpha value is -1.75. The van der Waals surface area contributed by atoms with E-state index in [1.54, 1.807) is 7.11 Å². The number of piperidine rings is 1. The molecule has 4 aliphatic carbocycles. The Morgan fingerprint density at radius 1 is 1.03 bits per heavy atom. The Morgan fingerprint density at radius 3 is 2.20 bits per heavy atom. The third-order valence-electron chi connectivity index (χ3n) is 8.24. The number of nitrogens with zero attached hydrogens (tertiary/aromatic N) is 1. The zero-order valence-electron chi connectivity index (χ0n) is 18.4. The predicted octanol–water partition coefficient (Wildman–Crippen LogP) is 4.18. The van der Waals surface area contributed by atoms with Crippen LogP contribution < -0.4 is 15.4 Å². The normalized spacial score (nSPS) is 33.4. The molecule has 1 heterocycles. The van der Waals surface area contributed by atoms with E-state index < -0.39 is 0 Å². The van der Waals surface area contributed by atoms with Gasteiger partial charge in [-0.2, -0.15) is 0 Å². The molecule has 4 bridgehead atoms. The number of urea groups is 1. The quantitative estimate of drug-likeness (QED) is 0.739. The van der Waals surface area contributed by atoms with Gasteiger partial charge in [0.25, 0.3) is 0 Å². The minimum atomic E-state index is 0.0811. The van der Waals surface area contributed by atoms with E-state index in [4.69, 9.17) is 4.74 Å². The lowest BCUT2D eigenvalue weighted by Gasteiger charge is -2.56. The third-order valence-corrected chi connectivity index (χ3v) is 8.24. The Morgan fingerprint density at radius 2 is 1.63 bits per heavy atom. The zero-order chi connectivity index (χ0) is 20.6. The molecule has 0 spiro atoms. The summed E-state index contributed by atoms with van der Waals surface area (Å²) >= 11 is 0. The van der Waals surface area contributed by atoms with Crippen LogP contribution in [0.2, 0.25) is 0 Å². The first kappa shape index (κ1) is 20.2. The van der Waals surface area contributed by atoms with Crippen molar-refractivity contribution >= 4 is 6.03 Å². The summed E-state index contributed by atoms with van der Waals surface area (Å²) in [5, 5.41) is 6.67. The lowest BCUT2D eigenvalue weighted by atomic mass is 9.53. The van der Waals surface area contributed by atoms with E-state index in [0.29, 0.717) is 5.92 Å². The SMILES string of the molecule is COc1ccc(CN2CCC(CNC(=O)NC34CC5CC(CC(C5)C3)C4)CC2)cc1. The van der Waals surface area contributed by atoms with Gasteiger partial charge >= 0.3 is 6.03 Å². The summed E-state index contributed by atoms with van der Waals surface area (Å²) in [4.78, 5) is 15.2. The van der Waals surface area contributed by atoms with Crippen molar-refractivity contribution in [3.63, 3.8) is 0 Å². The first-order chi connectivity index (χ1) is 14.6. The molecular formula is C25H37N3O2. The van der Waals surface area contributed by atoms with Crippen LogP contribution in [0.3, 0.4) is 0 Å². The fraction of sp³-hybridized carbons (Fsp3) is 0.720. The largest absolute Gasteiger partial charge is 0.497 e. The van der Waals surface area contributed by atoms with Crippen molar-refractivity contribution in [2.24, 2.45) is 23.7 Å². The summed E-state index contributed by atoms with van der Waals surface area (Å²) < 4.78 is 5.24. The lowest BCUT2D eigenvalue weighted by Crippen LogP contribution is -2.61. The molecule has 0 aromatic heterocycles. The minimum Gasteiger partial charge on any atom is -0.497 e. The van der Waals surface area contributed by atoms with Gasteiger partial charge in [0.1, 0.15) is 5.75 Å². The Balaban J connectivity index is 1.04. The number of methoxy groups -OCH3 is 1. The van der Waals surface area contributed by atoms with E-state index in [0.717, 1.165) is 62.5 Å². The summed E-state index contributed by atoms with van der Waals surface area (Å²) in [5.41, 5.74) is 1.45. The lowest BCUT2D eigenvalue weighted by molar-refractivity contribution is -0.0136. The molecule has 164 valence electrons. The van der Waals surface area contributed by atoms with Gasteiger partial charge in [0.05, 0.1) is 7.11 Å². The van der Waals surface area contributed by atoms with Crippen LogP contribution >= 0.6 is 0 Å². The fourth-order valence-corrected chi connectivity index (χ4v) is 7.12. The van der Waals surface area contributed by atoms with Crippen LogP contribution in [0.4, 0.5) is 4.79 Å². The molecule has 0 radical (unpaired) electrons. The summed E-state index contributed by atoms with van der Waals surface area (Å²) in [7, 11) is 1.71. The number of nitrogens with one attached hydrogen (secondary N) is 2. The smallest absolute Gasteiger partial charge is 0.315 e. The highest BCUT2D eigenvalue weighted by Crippen LogP contribution is 2.55. The molecule has 1 aromatic rings. The predicted molar refractivity (Wildman–Crippen MR) is 118 cm³/mol. The second-order valence-corrected chi connectivity index (χ2v) is 10.6. The molecule has 1 aliphatic heterocycles. The van der Waals surface area contributed by atoms with Gasteiger partial charge in [0, 0.05) is 18.6 Å². The van der Waals surface area contributed by atoms with Crippen molar-refractivity contribution in [3.8, 4) is 5.75 Å². The van der Waals surface area contributed by atoms with Gasteiger partial charge in [-0.25, -0.2) is 4.79 Å². The average Bonchev–Trinajstić information content (AvgIpc) is 2.72. The molecule has 6 rings (SSSR count). The van der Waals surface area contributed by atoms with Crippen molar-refractivity contribution in [1.29, 1.82) is 0 Å². The molecule has 5 nitrogen and oxygen atoms in total. The Kier molecular flexibility index (Phi) is 5.65. The van der Waals surface area contributed by atoms with Gasteiger partial charge in [-0.05, 0) is 106 Å². The van der Waals surface area contributed by atoms with Gasteiger partial charge in [-0.1, -0.05) is 12.1 Å². The molecule has 2 amide bonds. The number of hydrogen-bond acceptors (Lipinski definition) is 3. The summed E-state index contributed by atoms with van der Waals surface area (Å²) in [6.07, 6.45) is 10.2. The average molecular weight is 412 g/mol. The highest BCUT2D eigenvalue weighted by Gasteiger charge is 2.51. The molecule has 0 atom stereocenters. The van der Waals surface area contributed by atoms with Gasteiger partial charge in [-0.3, -0.25) is 4.90 Å². The molecule has 4 saturated carbocycles. The third kappa shape index (κ3) is 4.46. The number of carbonyl (C=O) groups is 1. The summed E-state index contributed by atoms with van der Waals surface area (Å²) in [5.74, 6) is 4.11. The second-order valence-electron chi connectivity index (χ2n) is 10.6. The van der Waals surface area contributed by atoms with Crippen molar-refractivity contribution in [2.75, 3.05) is 26.7 Å². The Bertz CT molecular complexity index is 704. The van der Waals surface area contributed by atoms with Crippen molar-refractivity contribution < 1.29 is 9.53 Å². The van der Waals surface area contributed by atoms with Crippen LogP contribution in [0.1, 0.15) is 56.9 Å². The molecule has 5 heteroatoms. The van der Waals surface area contributed by atoms with Gasteiger partial charge in [0.2, 0.25) is 0 Å². The van der Waals surface area contributed by atoms with Gasteiger partial charge < -0.3 is 15.4 Å². The Labute approximate surface area is 180 Å². The number of amides is 2. The van der Waals surface area contributed by atoms with Gasteiger partial charge in [0.15, 0.2) is 0 Å². The molecule has 1 aromatic carbocycles. The van der Waals surface area contributed by atoms with Crippen molar-refractivity contribution in [2.45, 2.75) is 63.5 Å². The maximum absolute atomic E-state index is 12.7. The maximum atomic E-state index is 12.7. The van der Waals surface area contributed by atoms with E-state index >= 15 is 0 Å². The highest BCUT2D eigenvalue weighted by atomic mass is 16.5. The van der Waals surface area contributed by atoms with Crippen molar-refractivity contribution in [1.82, 2.24) is 15.5 Å². The fourth-order valence-electron chi connectivity index (χ4n) is 7.12. The molecule has 0 unspecified atom stereocenters. The van der Waals surface area contributed by atoms with E-state index in [1.165, 1.54) is 44.1 Å². The highest BCUT2D eigenvalue weighted by molar-refractivity contribution is 5.74. The molecular weight excluding hydrogens is 374 g/mol. The van der Waals surface area contributed by atoms with Crippen LogP contribution in [-0.4, -0.2) is 43.2 Å². The number of carbonyl (C=O) groups excluding carboxylic acids is 1. The summed E-state index contributed by atoms with van der Waals surface area (Å²) in [6, 6.07) is 8.46.